The molecule has 2 heterocycles. The third kappa shape index (κ3) is 1.83. The minimum absolute atomic E-state index is 0.0506. The van der Waals surface area contributed by atoms with Gasteiger partial charge in [-0.2, -0.15) is 5.10 Å². The lowest BCUT2D eigenvalue weighted by Crippen LogP contribution is -2.34. The number of hydrogen-bond donors (Lipinski definition) is 2. The summed E-state index contributed by atoms with van der Waals surface area (Å²) in [5.41, 5.74) is 3.35. The van der Waals surface area contributed by atoms with Crippen LogP contribution in [0.25, 0.3) is 0 Å². The van der Waals surface area contributed by atoms with E-state index in [0.717, 1.165) is 18.7 Å². The molecule has 2 unspecified atom stereocenters. The summed E-state index contributed by atoms with van der Waals surface area (Å²) in [6.45, 7) is 0.899. The highest BCUT2D eigenvalue weighted by Crippen LogP contribution is 2.32. The largest absolute Gasteiger partial charge is 0.385 e. The molecule has 2 N–H and O–H groups in total. The van der Waals surface area contributed by atoms with Crippen molar-refractivity contribution in [2.75, 3.05) is 6.54 Å². The quantitative estimate of drug-likeness (QED) is 0.837. The lowest BCUT2D eigenvalue weighted by molar-refractivity contribution is 0.117. The SMILES string of the molecule is Cn1nccc1C(O)C1NCCc2ccccc21. The minimum atomic E-state index is -0.570. The fraction of sp³-hybridized carbons (Fsp3) is 0.357. The molecule has 0 saturated carbocycles. The highest BCUT2D eigenvalue weighted by Gasteiger charge is 2.28. The van der Waals surface area contributed by atoms with Crippen LogP contribution in [0, 0.1) is 0 Å². The highest BCUT2D eigenvalue weighted by atomic mass is 16.3. The molecular weight excluding hydrogens is 226 g/mol. The number of rotatable bonds is 2. The molecule has 1 aromatic carbocycles. The van der Waals surface area contributed by atoms with Crippen molar-refractivity contribution in [3.63, 3.8) is 0 Å². The standard InChI is InChI=1S/C14H17N3O/c1-17-12(7-9-16-17)14(18)13-11-5-3-2-4-10(11)6-8-15-13/h2-5,7,9,13-15,18H,6,8H2,1H3. The molecule has 3 rings (SSSR count). The number of aliphatic hydroxyl groups is 1. The lowest BCUT2D eigenvalue weighted by atomic mass is 9.90. The summed E-state index contributed by atoms with van der Waals surface area (Å²) >= 11 is 0. The van der Waals surface area contributed by atoms with Gasteiger partial charge in [0.15, 0.2) is 0 Å². The Morgan fingerprint density at radius 2 is 2.22 bits per heavy atom. The van der Waals surface area contributed by atoms with E-state index in [2.05, 4.69) is 28.6 Å². The normalized spacial score (nSPS) is 20.4. The van der Waals surface area contributed by atoms with Gasteiger partial charge in [0.25, 0.3) is 0 Å². The second-order valence-electron chi connectivity index (χ2n) is 4.71. The number of aryl methyl sites for hydroxylation is 1. The van der Waals surface area contributed by atoms with Gasteiger partial charge >= 0.3 is 0 Å². The molecule has 1 aromatic heterocycles. The third-order valence-electron chi connectivity index (χ3n) is 3.63. The van der Waals surface area contributed by atoms with Crippen LogP contribution in [-0.4, -0.2) is 21.4 Å². The molecular formula is C14H17N3O. The summed E-state index contributed by atoms with van der Waals surface area (Å²) < 4.78 is 1.73. The fourth-order valence-corrected chi connectivity index (χ4v) is 2.66. The molecule has 0 amide bonds. The molecule has 4 heteroatoms. The monoisotopic (exact) mass is 243 g/mol. The van der Waals surface area contributed by atoms with Gasteiger partial charge in [-0.05, 0) is 30.2 Å². The number of aliphatic hydroxyl groups excluding tert-OH is 1. The van der Waals surface area contributed by atoms with E-state index < -0.39 is 6.10 Å². The third-order valence-corrected chi connectivity index (χ3v) is 3.63. The topological polar surface area (TPSA) is 50.1 Å². The average Bonchev–Trinajstić information content (AvgIpc) is 2.83. The number of hydrogen-bond acceptors (Lipinski definition) is 3. The maximum Gasteiger partial charge on any atom is 0.115 e. The van der Waals surface area contributed by atoms with Crippen LogP contribution >= 0.6 is 0 Å². The van der Waals surface area contributed by atoms with Crippen LogP contribution < -0.4 is 5.32 Å². The van der Waals surface area contributed by atoms with E-state index in [9.17, 15) is 5.11 Å². The van der Waals surface area contributed by atoms with Crippen LogP contribution in [0.2, 0.25) is 0 Å². The first-order valence-corrected chi connectivity index (χ1v) is 6.24. The Morgan fingerprint density at radius 1 is 1.39 bits per heavy atom. The number of benzene rings is 1. The van der Waals surface area contributed by atoms with Crippen molar-refractivity contribution >= 4 is 0 Å². The van der Waals surface area contributed by atoms with E-state index in [1.165, 1.54) is 11.1 Å². The summed E-state index contributed by atoms with van der Waals surface area (Å²) in [7, 11) is 1.85. The Hall–Kier alpha value is -1.65. The molecule has 0 fully saturated rings. The van der Waals surface area contributed by atoms with Crippen LogP contribution in [0.4, 0.5) is 0 Å². The number of aromatic nitrogens is 2. The van der Waals surface area contributed by atoms with E-state index in [1.807, 2.05) is 19.2 Å². The Bertz CT molecular complexity index is 549. The van der Waals surface area contributed by atoms with E-state index >= 15 is 0 Å². The summed E-state index contributed by atoms with van der Waals surface area (Å²) in [5.74, 6) is 0. The van der Waals surface area contributed by atoms with Gasteiger partial charge in [-0.1, -0.05) is 24.3 Å². The Balaban J connectivity index is 1.97. The zero-order valence-corrected chi connectivity index (χ0v) is 10.4. The summed E-state index contributed by atoms with van der Waals surface area (Å²) in [4.78, 5) is 0. The van der Waals surface area contributed by atoms with Gasteiger partial charge in [-0.3, -0.25) is 4.68 Å². The average molecular weight is 243 g/mol. The van der Waals surface area contributed by atoms with Crippen LogP contribution in [0.3, 0.4) is 0 Å². The Morgan fingerprint density at radius 3 is 3.00 bits per heavy atom. The number of fused-ring (bicyclic) bond motifs is 1. The summed E-state index contributed by atoms with van der Waals surface area (Å²) in [5, 5.41) is 18.1. The Labute approximate surface area is 106 Å². The highest BCUT2D eigenvalue weighted by molar-refractivity contribution is 5.34. The van der Waals surface area contributed by atoms with E-state index in [-0.39, 0.29) is 6.04 Å². The first-order chi connectivity index (χ1) is 8.77. The van der Waals surface area contributed by atoms with Crippen molar-refractivity contribution in [3.05, 3.63) is 53.3 Å². The maximum atomic E-state index is 10.5. The second-order valence-corrected chi connectivity index (χ2v) is 4.71. The van der Waals surface area contributed by atoms with E-state index in [0.29, 0.717) is 0 Å². The van der Waals surface area contributed by atoms with Gasteiger partial charge < -0.3 is 10.4 Å². The number of nitrogens with zero attached hydrogens (tertiary/aromatic N) is 2. The predicted molar refractivity (Wildman–Crippen MR) is 69.1 cm³/mol. The molecule has 0 radical (unpaired) electrons. The number of nitrogens with one attached hydrogen (secondary N) is 1. The van der Waals surface area contributed by atoms with Gasteiger partial charge in [0.05, 0.1) is 11.7 Å². The van der Waals surface area contributed by atoms with Gasteiger partial charge in [0.2, 0.25) is 0 Å². The first kappa shape index (κ1) is 11.4. The molecule has 0 spiro atoms. The molecule has 2 aromatic rings. The zero-order chi connectivity index (χ0) is 12.5. The molecule has 4 nitrogen and oxygen atoms in total. The van der Waals surface area contributed by atoms with Gasteiger partial charge in [-0.25, -0.2) is 0 Å². The van der Waals surface area contributed by atoms with Gasteiger partial charge in [0.1, 0.15) is 6.10 Å². The van der Waals surface area contributed by atoms with Crippen LogP contribution in [0.5, 0.6) is 0 Å². The fourth-order valence-electron chi connectivity index (χ4n) is 2.66. The minimum Gasteiger partial charge on any atom is -0.385 e. The van der Waals surface area contributed by atoms with Crippen molar-refractivity contribution < 1.29 is 5.11 Å². The molecule has 94 valence electrons. The van der Waals surface area contributed by atoms with E-state index in [4.69, 9.17) is 0 Å². The van der Waals surface area contributed by atoms with Crippen molar-refractivity contribution in [2.24, 2.45) is 7.05 Å². The van der Waals surface area contributed by atoms with E-state index in [1.54, 1.807) is 10.9 Å². The van der Waals surface area contributed by atoms with Crippen LogP contribution in [0.15, 0.2) is 36.5 Å². The van der Waals surface area contributed by atoms with Crippen LogP contribution in [-0.2, 0) is 13.5 Å². The van der Waals surface area contributed by atoms with Crippen molar-refractivity contribution in [1.82, 2.24) is 15.1 Å². The Kier molecular flexibility index (Phi) is 2.89. The lowest BCUT2D eigenvalue weighted by Gasteiger charge is -2.30. The van der Waals surface area contributed by atoms with Gasteiger partial charge in [0, 0.05) is 13.2 Å². The second kappa shape index (κ2) is 4.55. The molecule has 0 aliphatic carbocycles. The molecule has 1 aliphatic heterocycles. The summed E-state index contributed by atoms with van der Waals surface area (Å²) in [6.07, 6.45) is 2.16. The molecule has 0 saturated heterocycles. The first-order valence-electron chi connectivity index (χ1n) is 6.24. The predicted octanol–water partition coefficient (Wildman–Crippen LogP) is 1.34. The molecule has 18 heavy (non-hydrogen) atoms. The van der Waals surface area contributed by atoms with Crippen molar-refractivity contribution in [1.29, 1.82) is 0 Å². The van der Waals surface area contributed by atoms with Crippen molar-refractivity contribution in [2.45, 2.75) is 18.6 Å². The molecule has 2 atom stereocenters. The maximum absolute atomic E-state index is 10.5. The zero-order valence-electron chi connectivity index (χ0n) is 10.4. The smallest absolute Gasteiger partial charge is 0.115 e. The van der Waals surface area contributed by atoms with Crippen LogP contribution in [0.1, 0.15) is 29.0 Å². The van der Waals surface area contributed by atoms with Gasteiger partial charge in [-0.15, -0.1) is 0 Å². The van der Waals surface area contributed by atoms with Crippen molar-refractivity contribution in [3.8, 4) is 0 Å². The molecule has 0 bridgehead atoms. The molecule has 1 aliphatic rings. The summed E-state index contributed by atoms with van der Waals surface area (Å²) in [6, 6.07) is 10.1.